The van der Waals surface area contributed by atoms with E-state index in [1.165, 1.54) is 22.9 Å². The molecule has 1 N–H and O–H groups in total. The van der Waals surface area contributed by atoms with Gasteiger partial charge in [-0.2, -0.15) is 0 Å². The summed E-state index contributed by atoms with van der Waals surface area (Å²) in [7, 11) is 0. The number of carbonyl (C=O) groups excluding carboxylic acids is 1. The average molecular weight is 453 g/mol. The summed E-state index contributed by atoms with van der Waals surface area (Å²) in [6, 6.07) is 16.1. The van der Waals surface area contributed by atoms with Crippen molar-refractivity contribution in [1.82, 2.24) is 14.8 Å². The summed E-state index contributed by atoms with van der Waals surface area (Å²) in [6.07, 6.45) is 0. The van der Waals surface area contributed by atoms with Gasteiger partial charge in [-0.15, -0.1) is 10.2 Å². The van der Waals surface area contributed by atoms with Crippen molar-refractivity contribution in [2.75, 3.05) is 11.1 Å². The van der Waals surface area contributed by atoms with Crippen LogP contribution in [0, 0.1) is 0 Å². The molecule has 170 valence electrons. The minimum Gasteiger partial charge on any atom is -0.486 e. The van der Waals surface area contributed by atoms with Crippen LogP contribution in [0.25, 0.3) is 0 Å². The minimum atomic E-state index is -0.0685. The lowest BCUT2D eigenvalue weighted by molar-refractivity contribution is -0.113. The number of hydrogen-bond donors (Lipinski definition) is 1. The van der Waals surface area contributed by atoms with Gasteiger partial charge in [-0.25, -0.2) is 0 Å². The van der Waals surface area contributed by atoms with E-state index in [1.807, 2.05) is 47.9 Å². The van der Waals surface area contributed by atoms with Crippen LogP contribution >= 0.6 is 11.8 Å². The number of ether oxygens (including phenoxy) is 1. The van der Waals surface area contributed by atoms with E-state index in [0.29, 0.717) is 30.1 Å². The van der Waals surface area contributed by atoms with E-state index in [9.17, 15) is 4.79 Å². The first-order valence-electron chi connectivity index (χ1n) is 11.0. The number of thioether (sulfide) groups is 1. The van der Waals surface area contributed by atoms with Crippen LogP contribution in [0.4, 0.5) is 5.69 Å². The molecule has 1 aromatic heterocycles. The van der Waals surface area contributed by atoms with Gasteiger partial charge in [0.15, 0.2) is 11.0 Å². The fourth-order valence-corrected chi connectivity index (χ4v) is 4.05. The number of benzene rings is 2. The Bertz CT molecular complexity index is 1010. The number of amides is 1. The molecular formula is C25H32N4O2S. The third-order valence-electron chi connectivity index (χ3n) is 5.22. The smallest absolute Gasteiger partial charge is 0.234 e. The molecule has 7 heteroatoms. The number of rotatable bonds is 10. The van der Waals surface area contributed by atoms with Crippen molar-refractivity contribution in [3.05, 3.63) is 65.5 Å². The Labute approximate surface area is 194 Å². The highest BCUT2D eigenvalue weighted by Crippen LogP contribution is 2.22. The summed E-state index contributed by atoms with van der Waals surface area (Å²) in [6.45, 7) is 11.7. The Morgan fingerprint density at radius 1 is 0.969 bits per heavy atom. The summed E-state index contributed by atoms with van der Waals surface area (Å²) >= 11 is 1.38. The normalized spacial score (nSPS) is 11.2. The van der Waals surface area contributed by atoms with Crippen LogP contribution in [0.15, 0.2) is 53.7 Å². The number of hydrogen-bond acceptors (Lipinski definition) is 5. The fraction of sp³-hybridized carbons (Fsp3) is 0.400. The van der Waals surface area contributed by atoms with E-state index in [4.69, 9.17) is 4.74 Å². The van der Waals surface area contributed by atoms with E-state index in [-0.39, 0.29) is 11.7 Å². The molecule has 2 aromatic carbocycles. The summed E-state index contributed by atoms with van der Waals surface area (Å²) in [5.41, 5.74) is 3.33. The zero-order valence-corrected chi connectivity index (χ0v) is 20.3. The van der Waals surface area contributed by atoms with Crippen LogP contribution < -0.4 is 10.1 Å². The number of nitrogens with zero attached hydrogens (tertiary/aromatic N) is 3. The quantitative estimate of drug-likeness (QED) is 0.391. The van der Waals surface area contributed by atoms with E-state index < -0.39 is 0 Å². The van der Waals surface area contributed by atoms with Gasteiger partial charge in [-0.1, -0.05) is 63.7 Å². The third-order valence-corrected chi connectivity index (χ3v) is 6.18. The van der Waals surface area contributed by atoms with Gasteiger partial charge in [0, 0.05) is 12.2 Å². The van der Waals surface area contributed by atoms with Gasteiger partial charge in [0.25, 0.3) is 0 Å². The SMILES string of the molecule is CCn1c(COc2ccc(C(C)C)cc2)nnc1SCC(=O)Nc1ccc(C(C)C)cc1. The van der Waals surface area contributed by atoms with Crippen molar-refractivity contribution in [2.45, 2.75) is 64.8 Å². The Balaban J connectivity index is 1.54. The summed E-state index contributed by atoms with van der Waals surface area (Å²) in [4.78, 5) is 12.4. The van der Waals surface area contributed by atoms with Crippen molar-refractivity contribution >= 4 is 23.4 Å². The molecule has 0 aliphatic carbocycles. The molecule has 0 bridgehead atoms. The first-order valence-corrected chi connectivity index (χ1v) is 12.0. The Kier molecular flexibility index (Phi) is 8.33. The van der Waals surface area contributed by atoms with Crippen LogP contribution in [0.5, 0.6) is 5.75 Å². The van der Waals surface area contributed by atoms with Crippen LogP contribution in [0.1, 0.15) is 63.4 Å². The number of anilines is 1. The summed E-state index contributed by atoms with van der Waals surface area (Å²) in [5.74, 6) is 2.70. The van der Waals surface area contributed by atoms with Gasteiger partial charge in [-0.05, 0) is 54.2 Å². The van der Waals surface area contributed by atoms with E-state index in [2.05, 4.69) is 55.3 Å². The summed E-state index contributed by atoms with van der Waals surface area (Å²) in [5, 5.41) is 12.2. The average Bonchev–Trinajstić information content (AvgIpc) is 3.18. The predicted octanol–water partition coefficient (Wildman–Crippen LogP) is 5.85. The lowest BCUT2D eigenvalue weighted by atomic mass is 10.0. The minimum absolute atomic E-state index is 0.0685. The number of nitrogens with one attached hydrogen (secondary N) is 1. The number of carbonyl (C=O) groups is 1. The predicted molar refractivity (Wildman–Crippen MR) is 130 cm³/mol. The van der Waals surface area contributed by atoms with Gasteiger partial charge in [-0.3, -0.25) is 4.79 Å². The third kappa shape index (κ3) is 6.36. The maximum absolute atomic E-state index is 12.4. The van der Waals surface area contributed by atoms with Gasteiger partial charge < -0.3 is 14.6 Å². The molecule has 0 radical (unpaired) electrons. The number of aromatic nitrogens is 3. The highest BCUT2D eigenvalue weighted by molar-refractivity contribution is 7.99. The molecule has 1 amide bonds. The zero-order chi connectivity index (χ0) is 23.1. The lowest BCUT2D eigenvalue weighted by Gasteiger charge is -2.10. The van der Waals surface area contributed by atoms with Gasteiger partial charge >= 0.3 is 0 Å². The molecule has 32 heavy (non-hydrogen) atoms. The fourth-order valence-electron chi connectivity index (χ4n) is 3.23. The van der Waals surface area contributed by atoms with Crippen LogP contribution in [-0.4, -0.2) is 26.4 Å². The maximum atomic E-state index is 12.4. The van der Waals surface area contributed by atoms with Crippen LogP contribution in [-0.2, 0) is 17.9 Å². The second kappa shape index (κ2) is 11.2. The van der Waals surface area contributed by atoms with Crippen molar-refractivity contribution in [2.24, 2.45) is 0 Å². The molecule has 0 unspecified atom stereocenters. The molecule has 0 spiro atoms. The maximum Gasteiger partial charge on any atom is 0.234 e. The summed E-state index contributed by atoms with van der Waals surface area (Å²) < 4.78 is 7.89. The van der Waals surface area contributed by atoms with E-state index in [1.54, 1.807) is 0 Å². The van der Waals surface area contributed by atoms with E-state index >= 15 is 0 Å². The van der Waals surface area contributed by atoms with Gasteiger partial charge in [0.1, 0.15) is 12.4 Å². The Hall–Kier alpha value is -2.80. The monoisotopic (exact) mass is 452 g/mol. The molecule has 1 heterocycles. The van der Waals surface area contributed by atoms with Crippen molar-refractivity contribution in [3.63, 3.8) is 0 Å². The Morgan fingerprint density at radius 2 is 1.56 bits per heavy atom. The van der Waals surface area contributed by atoms with Crippen molar-refractivity contribution < 1.29 is 9.53 Å². The first-order chi connectivity index (χ1) is 15.4. The second-order valence-electron chi connectivity index (χ2n) is 8.27. The van der Waals surface area contributed by atoms with Gasteiger partial charge in [0.05, 0.1) is 5.75 Å². The highest BCUT2D eigenvalue weighted by Gasteiger charge is 2.14. The van der Waals surface area contributed by atoms with Crippen LogP contribution in [0.2, 0.25) is 0 Å². The topological polar surface area (TPSA) is 69.0 Å². The Morgan fingerprint density at radius 3 is 2.12 bits per heavy atom. The molecule has 0 saturated heterocycles. The zero-order valence-electron chi connectivity index (χ0n) is 19.5. The molecule has 3 rings (SSSR count). The lowest BCUT2D eigenvalue weighted by Crippen LogP contribution is -2.15. The largest absolute Gasteiger partial charge is 0.486 e. The second-order valence-corrected chi connectivity index (χ2v) is 9.21. The van der Waals surface area contributed by atoms with Gasteiger partial charge in [0.2, 0.25) is 5.91 Å². The molecule has 3 aromatic rings. The molecule has 0 aliphatic heterocycles. The molecule has 0 atom stereocenters. The molecule has 0 aliphatic rings. The first kappa shape index (κ1) is 23.9. The van der Waals surface area contributed by atoms with Crippen LogP contribution in [0.3, 0.4) is 0 Å². The molecule has 0 saturated carbocycles. The molecule has 6 nitrogen and oxygen atoms in total. The molecular weight excluding hydrogens is 420 g/mol. The van der Waals surface area contributed by atoms with Crippen molar-refractivity contribution in [3.8, 4) is 5.75 Å². The standard InChI is InChI=1S/C25H32N4O2S/c1-6-29-23(15-31-22-13-9-20(10-14-22)18(4)5)27-28-25(29)32-16-24(30)26-21-11-7-19(8-12-21)17(2)3/h7-14,17-18H,6,15-16H2,1-5H3,(H,26,30). The molecule has 0 fully saturated rings. The van der Waals surface area contributed by atoms with Crippen molar-refractivity contribution in [1.29, 1.82) is 0 Å². The highest BCUT2D eigenvalue weighted by atomic mass is 32.2. The van der Waals surface area contributed by atoms with E-state index in [0.717, 1.165) is 17.3 Å².